The van der Waals surface area contributed by atoms with Crippen molar-refractivity contribution in [2.75, 3.05) is 34.5 Å². The first-order chi connectivity index (χ1) is 20.8. The zero-order chi connectivity index (χ0) is 31.5. The normalized spacial score (nSPS) is 18.6. The number of rotatable bonds is 7. The molecule has 5 heterocycles. The van der Waals surface area contributed by atoms with Crippen LogP contribution < -0.4 is 25.4 Å². The lowest BCUT2D eigenvalue weighted by Crippen LogP contribution is -2.48. The Morgan fingerprint density at radius 2 is 1.73 bits per heavy atom. The van der Waals surface area contributed by atoms with Gasteiger partial charge in [-0.15, -0.1) is 0 Å². The van der Waals surface area contributed by atoms with Gasteiger partial charge in [-0.1, -0.05) is 6.07 Å². The average molecular weight is 618 g/mol. The minimum absolute atomic E-state index is 0.0419. The first kappa shape index (κ1) is 29.5. The van der Waals surface area contributed by atoms with Gasteiger partial charge in [0.1, 0.15) is 5.82 Å². The summed E-state index contributed by atoms with van der Waals surface area (Å²) in [4.78, 5) is 49.5. The first-order valence-corrected chi connectivity index (χ1v) is 16.3. The van der Waals surface area contributed by atoms with Gasteiger partial charge in [0.05, 0.1) is 46.7 Å². The van der Waals surface area contributed by atoms with Crippen LogP contribution in [0.2, 0.25) is 0 Å². The second kappa shape index (κ2) is 10.8. The van der Waals surface area contributed by atoms with E-state index in [0.717, 1.165) is 41.9 Å². The van der Waals surface area contributed by atoms with Crippen LogP contribution in [-0.2, 0) is 17.1 Å². The van der Waals surface area contributed by atoms with E-state index in [2.05, 4.69) is 30.1 Å². The lowest BCUT2D eigenvalue weighted by atomic mass is 10.0. The topological polar surface area (TPSA) is 155 Å². The Morgan fingerprint density at radius 3 is 2.41 bits per heavy atom. The molecule has 44 heavy (non-hydrogen) atoms. The fraction of sp³-hybridized carbons (Fsp3) is 0.400. The summed E-state index contributed by atoms with van der Waals surface area (Å²) < 4.78 is 27.1. The average Bonchev–Trinajstić information content (AvgIpc) is 3.56. The molecule has 0 unspecified atom stereocenters. The van der Waals surface area contributed by atoms with Crippen LogP contribution in [0.25, 0.3) is 10.9 Å². The summed E-state index contributed by atoms with van der Waals surface area (Å²) >= 11 is 0. The number of nitrogens with zero attached hydrogens (tertiary/aromatic N) is 7. The second-order valence-electron chi connectivity index (χ2n) is 11.8. The van der Waals surface area contributed by atoms with E-state index in [1.807, 2.05) is 37.6 Å². The van der Waals surface area contributed by atoms with Crippen LogP contribution in [0.1, 0.15) is 52.4 Å². The predicted octanol–water partition coefficient (Wildman–Crippen LogP) is 2.37. The van der Waals surface area contributed by atoms with E-state index < -0.39 is 22.0 Å². The number of anilines is 3. The van der Waals surface area contributed by atoms with Crippen LogP contribution in [-0.4, -0.2) is 70.3 Å². The highest BCUT2D eigenvalue weighted by Gasteiger charge is 2.45. The van der Waals surface area contributed by atoms with Gasteiger partial charge in [0.2, 0.25) is 16.0 Å². The third-order valence-corrected chi connectivity index (χ3v) is 8.88. The van der Waals surface area contributed by atoms with E-state index >= 15 is 0 Å². The van der Waals surface area contributed by atoms with Gasteiger partial charge < -0.3 is 15.1 Å². The van der Waals surface area contributed by atoms with Crippen molar-refractivity contribution in [3.63, 3.8) is 0 Å². The number of carbonyl (C=O) groups excluding carboxylic acids is 1. The second-order valence-corrected chi connectivity index (χ2v) is 13.5. The van der Waals surface area contributed by atoms with E-state index in [4.69, 9.17) is 4.98 Å². The van der Waals surface area contributed by atoms with E-state index in [9.17, 15) is 18.0 Å². The minimum Gasteiger partial charge on any atom is -0.377 e. The lowest BCUT2D eigenvalue weighted by Gasteiger charge is -2.36. The number of hydrogen-bond acceptors (Lipinski definition) is 11. The SMILES string of the molecule is Cc1cc([C@@H](C)Nc2ccc(C)nc2C(=O)NS(C)(=O)=O)c2nc(N3C[C@@H]4C[C@H]3CN4c3nccnc3C)n(C)c(=O)c2c1. The molecule has 0 spiro atoms. The number of sulfonamides is 1. The van der Waals surface area contributed by atoms with Gasteiger partial charge >= 0.3 is 0 Å². The summed E-state index contributed by atoms with van der Waals surface area (Å²) in [5.41, 5.74) is 3.86. The lowest BCUT2D eigenvalue weighted by molar-refractivity contribution is 0.0977. The molecule has 2 aliphatic heterocycles. The van der Waals surface area contributed by atoms with Crippen LogP contribution in [0, 0.1) is 20.8 Å². The van der Waals surface area contributed by atoms with Gasteiger partial charge in [-0.25, -0.2) is 28.1 Å². The molecule has 230 valence electrons. The van der Waals surface area contributed by atoms with Gasteiger partial charge in [-0.2, -0.15) is 0 Å². The van der Waals surface area contributed by atoms with Crippen molar-refractivity contribution in [2.24, 2.45) is 7.05 Å². The third kappa shape index (κ3) is 5.34. The minimum atomic E-state index is -3.79. The summed E-state index contributed by atoms with van der Waals surface area (Å²) in [6.45, 7) is 8.98. The Bertz CT molecular complexity index is 1980. The molecule has 2 aliphatic rings. The fourth-order valence-electron chi connectivity index (χ4n) is 6.36. The van der Waals surface area contributed by atoms with E-state index in [0.29, 0.717) is 34.8 Å². The molecule has 1 aromatic carbocycles. The third-order valence-electron chi connectivity index (χ3n) is 8.32. The molecule has 2 fully saturated rings. The molecule has 6 rings (SSSR count). The molecular weight excluding hydrogens is 582 g/mol. The van der Waals surface area contributed by atoms with Crippen LogP contribution in [0.5, 0.6) is 0 Å². The summed E-state index contributed by atoms with van der Waals surface area (Å²) in [5, 5.41) is 3.82. The maximum atomic E-state index is 13.8. The van der Waals surface area contributed by atoms with E-state index in [-0.39, 0.29) is 23.3 Å². The number of fused-ring (bicyclic) bond motifs is 3. The zero-order valence-corrected chi connectivity index (χ0v) is 26.3. The molecule has 0 aliphatic carbocycles. The number of pyridine rings is 1. The van der Waals surface area contributed by atoms with Gasteiger partial charge in [0.25, 0.3) is 11.5 Å². The molecular formula is C30H35N9O4S. The fourth-order valence-corrected chi connectivity index (χ4v) is 6.79. The maximum absolute atomic E-state index is 13.8. The van der Waals surface area contributed by atoms with Gasteiger partial charge in [0, 0.05) is 43.8 Å². The Balaban J connectivity index is 1.36. The number of carbonyl (C=O) groups is 1. The van der Waals surface area contributed by atoms with Crippen LogP contribution >= 0.6 is 0 Å². The molecule has 13 nitrogen and oxygen atoms in total. The number of aryl methyl sites for hydroxylation is 3. The number of benzene rings is 1. The van der Waals surface area contributed by atoms with Crippen molar-refractivity contribution in [2.45, 2.75) is 52.2 Å². The van der Waals surface area contributed by atoms with Crippen LogP contribution in [0.4, 0.5) is 17.5 Å². The molecule has 0 saturated carbocycles. The largest absolute Gasteiger partial charge is 0.377 e. The summed E-state index contributed by atoms with van der Waals surface area (Å²) in [6.07, 6.45) is 5.26. The van der Waals surface area contributed by atoms with Crippen molar-refractivity contribution in [1.29, 1.82) is 0 Å². The van der Waals surface area contributed by atoms with Gasteiger partial charge in [-0.3, -0.25) is 19.1 Å². The van der Waals surface area contributed by atoms with Crippen molar-refractivity contribution in [3.05, 3.63) is 75.2 Å². The molecule has 0 radical (unpaired) electrons. The maximum Gasteiger partial charge on any atom is 0.285 e. The summed E-state index contributed by atoms with van der Waals surface area (Å²) in [7, 11) is -2.03. The molecule has 4 aromatic rings. The number of hydrogen-bond donors (Lipinski definition) is 2. The van der Waals surface area contributed by atoms with Crippen LogP contribution in [0.3, 0.4) is 0 Å². The highest BCUT2D eigenvalue weighted by atomic mass is 32.2. The Kier molecular flexibility index (Phi) is 7.26. The van der Waals surface area contributed by atoms with E-state index in [1.165, 1.54) is 0 Å². The number of aromatic nitrogens is 5. The standard InChI is InChI=1S/C30H35N9O4S/c1-16-11-22(18(3)34-24-8-7-17(2)33-26(24)28(40)36-44(6,42)43)25-23(12-16)29(41)37(5)30(35-25)39-15-20-13-21(39)14-38(20)27-19(4)31-9-10-32-27/h7-12,18,20-21,34H,13-15H2,1-6H3,(H,36,40)/t18-,20+,21+/m1/s1. The van der Waals surface area contributed by atoms with Crippen molar-refractivity contribution < 1.29 is 13.2 Å². The van der Waals surface area contributed by atoms with Gasteiger partial charge in [-0.05, 0) is 57.9 Å². The molecule has 3 atom stereocenters. The van der Waals surface area contributed by atoms with Crippen molar-refractivity contribution >= 4 is 44.3 Å². The number of amides is 1. The van der Waals surface area contributed by atoms with Crippen LogP contribution in [0.15, 0.2) is 41.5 Å². The molecule has 2 saturated heterocycles. The number of piperazine rings is 1. The summed E-state index contributed by atoms with van der Waals surface area (Å²) in [5.74, 6) is 0.671. The van der Waals surface area contributed by atoms with Crippen molar-refractivity contribution in [3.8, 4) is 0 Å². The zero-order valence-electron chi connectivity index (χ0n) is 25.5. The molecule has 2 N–H and O–H groups in total. The monoisotopic (exact) mass is 617 g/mol. The Hall–Kier alpha value is -4.59. The smallest absolute Gasteiger partial charge is 0.285 e. The number of nitrogens with one attached hydrogen (secondary N) is 2. The van der Waals surface area contributed by atoms with Crippen molar-refractivity contribution in [1.82, 2.24) is 29.2 Å². The Labute approximate surface area is 255 Å². The molecule has 3 aromatic heterocycles. The van der Waals surface area contributed by atoms with E-state index in [1.54, 1.807) is 43.1 Å². The van der Waals surface area contributed by atoms with Gasteiger partial charge in [0.15, 0.2) is 5.69 Å². The highest BCUT2D eigenvalue weighted by Crippen LogP contribution is 2.37. The molecule has 2 bridgehead atoms. The Morgan fingerprint density at radius 1 is 1.02 bits per heavy atom. The predicted molar refractivity (Wildman–Crippen MR) is 169 cm³/mol. The summed E-state index contributed by atoms with van der Waals surface area (Å²) in [6, 6.07) is 7.23. The molecule has 14 heteroatoms. The quantitative estimate of drug-likeness (QED) is 0.314. The molecule has 1 amide bonds. The highest BCUT2D eigenvalue weighted by molar-refractivity contribution is 7.89. The first-order valence-electron chi connectivity index (χ1n) is 14.4.